The van der Waals surface area contributed by atoms with Crippen molar-refractivity contribution in [2.45, 2.75) is 58.8 Å². The maximum Gasteiger partial charge on any atom is 0.231 e. The molecule has 4 atom stereocenters. The summed E-state index contributed by atoms with van der Waals surface area (Å²) in [7, 11) is 0. The molecule has 1 aromatic rings. The van der Waals surface area contributed by atoms with Crippen LogP contribution in [0.25, 0.3) is 0 Å². The molecule has 3 fully saturated rings. The van der Waals surface area contributed by atoms with E-state index < -0.39 is 6.10 Å². The zero-order valence-electron chi connectivity index (χ0n) is 19.3. The molecule has 6 nitrogen and oxygen atoms in total. The molecule has 0 amide bonds. The van der Waals surface area contributed by atoms with Crippen LogP contribution in [-0.2, 0) is 11.3 Å². The highest BCUT2D eigenvalue weighted by molar-refractivity contribution is 5.44. The van der Waals surface area contributed by atoms with Crippen molar-refractivity contribution < 1.29 is 19.3 Å². The number of fused-ring (bicyclic) bond motifs is 3. The lowest BCUT2D eigenvalue weighted by atomic mass is 9.70. The predicted octanol–water partition coefficient (Wildman–Crippen LogP) is 3.13. The monoisotopic (exact) mass is 430 g/mol. The van der Waals surface area contributed by atoms with Crippen LogP contribution in [0.3, 0.4) is 0 Å². The van der Waals surface area contributed by atoms with E-state index in [1.165, 1.54) is 18.4 Å². The van der Waals surface area contributed by atoms with Gasteiger partial charge in [0, 0.05) is 39.3 Å². The van der Waals surface area contributed by atoms with Crippen molar-refractivity contribution in [3.8, 4) is 11.5 Å². The van der Waals surface area contributed by atoms with Crippen LogP contribution < -0.4 is 9.47 Å². The summed E-state index contributed by atoms with van der Waals surface area (Å²) in [6.07, 6.45) is 3.65. The molecule has 1 N–H and O–H groups in total. The van der Waals surface area contributed by atoms with Crippen molar-refractivity contribution in [1.29, 1.82) is 0 Å². The highest BCUT2D eigenvalue weighted by Gasteiger charge is 2.61. The van der Waals surface area contributed by atoms with Gasteiger partial charge >= 0.3 is 0 Å². The van der Waals surface area contributed by atoms with Crippen LogP contribution in [0.1, 0.15) is 45.6 Å². The Labute approximate surface area is 186 Å². The van der Waals surface area contributed by atoms with Crippen molar-refractivity contribution in [3.05, 3.63) is 23.8 Å². The lowest BCUT2D eigenvalue weighted by Crippen LogP contribution is -2.49. The van der Waals surface area contributed by atoms with Gasteiger partial charge in [0.05, 0.1) is 18.8 Å². The first kappa shape index (κ1) is 21.5. The number of aliphatic hydroxyl groups excluding tert-OH is 1. The predicted molar refractivity (Wildman–Crippen MR) is 119 cm³/mol. The molecule has 0 radical (unpaired) electrons. The number of hydrogen-bond donors (Lipinski definition) is 1. The van der Waals surface area contributed by atoms with Crippen molar-refractivity contribution in [3.63, 3.8) is 0 Å². The fraction of sp³-hybridized carbons (Fsp3) is 0.760. The lowest BCUT2D eigenvalue weighted by Gasteiger charge is -2.39. The van der Waals surface area contributed by atoms with Crippen LogP contribution in [0.2, 0.25) is 0 Å². The Bertz CT molecular complexity index is 792. The molecule has 6 heteroatoms. The maximum absolute atomic E-state index is 10.6. The first-order valence-electron chi connectivity index (χ1n) is 12.0. The van der Waals surface area contributed by atoms with Crippen molar-refractivity contribution >= 4 is 0 Å². The van der Waals surface area contributed by atoms with Crippen LogP contribution in [0, 0.1) is 16.7 Å². The zero-order valence-corrected chi connectivity index (χ0v) is 19.3. The Morgan fingerprint density at radius 2 is 1.84 bits per heavy atom. The third-order valence-electron chi connectivity index (χ3n) is 8.98. The van der Waals surface area contributed by atoms with Gasteiger partial charge in [-0.3, -0.25) is 9.80 Å². The van der Waals surface area contributed by atoms with Crippen LogP contribution in [-0.4, -0.2) is 73.2 Å². The number of rotatable bonds is 7. The second kappa shape index (κ2) is 8.22. The standard InChI is InChI=1S/C25H38N2O4/c1-24(2)19-6-7-25(24,3)23(13-19)29-16-20(28)15-27-10-8-26(9-11-27)14-18-4-5-21-22(12-18)31-17-30-21/h4-5,12,19-20,23,28H,6-11,13-17H2,1-3H3/t19-,20-,23-,25-/m0/s1. The molecule has 1 aromatic carbocycles. The second-order valence-electron chi connectivity index (χ2n) is 10.9. The topological polar surface area (TPSA) is 54.4 Å². The molecule has 0 unspecified atom stereocenters. The molecule has 1 saturated heterocycles. The van der Waals surface area contributed by atoms with Crippen molar-refractivity contribution in [2.75, 3.05) is 46.1 Å². The molecule has 0 spiro atoms. The van der Waals surface area contributed by atoms with E-state index in [0.717, 1.165) is 56.6 Å². The van der Waals surface area contributed by atoms with Crippen LogP contribution in [0.5, 0.6) is 11.5 Å². The number of benzene rings is 1. The number of β-amino-alcohol motifs (C(OH)–C–C–N with tert-alkyl or cyclic N) is 1. The quantitative estimate of drug-likeness (QED) is 0.717. The van der Waals surface area contributed by atoms with E-state index in [2.05, 4.69) is 42.7 Å². The summed E-state index contributed by atoms with van der Waals surface area (Å²) in [6.45, 7) is 13.6. The molecule has 4 aliphatic rings. The van der Waals surface area contributed by atoms with E-state index in [1.807, 2.05) is 6.07 Å². The maximum atomic E-state index is 10.6. The van der Waals surface area contributed by atoms with Crippen LogP contribution in [0.4, 0.5) is 0 Å². The van der Waals surface area contributed by atoms with Gasteiger partial charge in [-0.1, -0.05) is 26.8 Å². The van der Waals surface area contributed by atoms with E-state index in [-0.39, 0.29) is 5.41 Å². The summed E-state index contributed by atoms with van der Waals surface area (Å²) in [5, 5.41) is 10.6. The second-order valence-corrected chi connectivity index (χ2v) is 10.9. The molecular weight excluding hydrogens is 392 g/mol. The minimum absolute atomic E-state index is 0.262. The summed E-state index contributed by atoms with van der Waals surface area (Å²) in [5.41, 5.74) is 1.88. The number of aliphatic hydroxyl groups is 1. The Morgan fingerprint density at radius 3 is 2.55 bits per heavy atom. The Hall–Kier alpha value is -1.34. The van der Waals surface area contributed by atoms with E-state index in [1.54, 1.807) is 0 Å². The molecule has 0 aromatic heterocycles. The van der Waals surface area contributed by atoms with Crippen LogP contribution in [0.15, 0.2) is 18.2 Å². The summed E-state index contributed by atoms with van der Waals surface area (Å²) in [4.78, 5) is 4.84. The summed E-state index contributed by atoms with van der Waals surface area (Å²) >= 11 is 0. The molecule has 2 aliphatic carbocycles. The normalized spacial score (nSPS) is 33.2. The van der Waals surface area contributed by atoms with Gasteiger partial charge in [0.2, 0.25) is 6.79 Å². The van der Waals surface area contributed by atoms with Gasteiger partial charge in [0.25, 0.3) is 0 Å². The molecule has 2 saturated carbocycles. The average Bonchev–Trinajstić information content (AvgIpc) is 3.35. The molecule has 2 bridgehead atoms. The smallest absolute Gasteiger partial charge is 0.231 e. The van der Waals surface area contributed by atoms with Gasteiger partial charge < -0.3 is 19.3 Å². The summed E-state index contributed by atoms with van der Waals surface area (Å²) < 4.78 is 17.2. The molecular formula is C25H38N2O4. The molecule has 172 valence electrons. The third-order valence-corrected chi connectivity index (χ3v) is 8.98. The van der Waals surface area contributed by atoms with E-state index in [4.69, 9.17) is 14.2 Å². The largest absolute Gasteiger partial charge is 0.454 e. The first-order chi connectivity index (χ1) is 14.8. The van der Waals surface area contributed by atoms with Crippen LogP contribution >= 0.6 is 0 Å². The fourth-order valence-electron chi connectivity index (χ4n) is 6.39. The minimum atomic E-state index is -0.411. The number of piperazine rings is 1. The van der Waals surface area contributed by atoms with Gasteiger partial charge in [-0.05, 0) is 53.7 Å². The number of hydrogen-bond acceptors (Lipinski definition) is 6. The molecule has 31 heavy (non-hydrogen) atoms. The zero-order chi connectivity index (χ0) is 21.6. The fourth-order valence-corrected chi connectivity index (χ4v) is 6.39. The van der Waals surface area contributed by atoms with Gasteiger partial charge in [0.15, 0.2) is 11.5 Å². The Balaban J connectivity index is 1.04. The van der Waals surface area contributed by atoms with E-state index >= 15 is 0 Å². The van der Waals surface area contributed by atoms with E-state index in [0.29, 0.717) is 31.5 Å². The van der Waals surface area contributed by atoms with Gasteiger partial charge in [-0.2, -0.15) is 0 Å². The van der Waals surface area contributed by atoms with Crippen molar-refractivity contribution in [2.24, 2.45) is 16.7 Å². The van der Waals surface area contributed by atoms with E-state index in [9.17, 15) is 5.11 Å². The van der Waals surface area contributed by atoms with Gasteiger partial charge in [-0.25, -0.2) is 0 Å². The van der Waals surface area contributed by atoms with Crippen molar-refractivity contribution in [1.82, 2.24) is 9.80 Å². The number of nitrogens with zero attached hydrogens (tertiary/aromatic N) is 2. The third kappa shape index (κ3) is 3.97. The molecule has 2 aliphatic heterocycles. The lowest BCUT2D eigenvalue weighted by molar-refractivity contribution is -0.0807. The summed E-state index contributed by atoms with van der Waals surface area (Å²) in [6, 6.07) is 6.22. The molecule has 2 heterocycles. The highest BCUT2D eigenvalue weighted by Crippen LogP contribution is 2.66. The molecule has 5 rings (SSSR count). The average molecular weight is 431 g/mol. The number of ether oxygens (including phenoxy) is 3. The summed E-state index contributed by atoms with van der Waals surface area (Å²) in [5.74, 6) is 2.47. The highest BCUT2D eigenvalue weighted by atomic mass is 16.7. The Kier molecular flexibility index (Phi) is 5.70. The minimum Gasteiger partial charge on any atom is -0.454 e. The SMILES string of the molecule is CC1(C)[C@H]2CC[C@@]1(C)[C@@H](OC[C@@H](O)CN1CCN(Cc3ccc4c(c3)OCO4)CC1)C2. The van der Waals surface area contributed by atoms with Gasteiger partial charge in [-0.15, -0.1) is 0 Å². The Morgan fingerprint density at radius 1 is 1.10 bits per heavy atom. The first-order valence-corrected chi connectivity index (χ1v) is 12.0. The van der Waals surface area contributed by atoms with Gasteiger partial charge in [0.1, 0.15) is 0 Å².